The Bertz CT molecular complexity index is 2120. The molecule has 0 saturated heterocycles. The molecule has 1 aromatic heterocycles. The van der Waals surface area contributed by atoms with Gasteiger partial charge in [-0.25, -0.2) is 9.38 Å². The van der Waals surface area contributed by atoms with E-state index in [9.17, 15) is 14.0 Å². The summed E-state index contributed by atoms with van der Waals surface area (Å²) in [4.78, 5) is 33.0. The van der Waals surface area contributed by atoms with Gasteiger partial charge in [0.05, 0.1) is 36.1 Å². The van der Waals surface area contributed by atoms with Gasteiger partial charge in [0.2, 0.25) is 0 Å². The van der Waals surface area contributed by atoms with Gasteiger partial charge < -0.3 is 19.5 Å². The highest BCUT2D eigenvalue weighted by atomic mass is 32.1. The highest BCUT2D eigenvalue weighted by molar-refractivity contribution is 7.07. The Morgan fingerprint density at radius 1 is 0.957 bits per heavy atom. The Morgan fingerprint density at radius 2 is 1.70 bits per heavy atom. The summed E-state index contributed by atoms with van der Waals surface area (Å²) in [5.41, 5.74) is 3.08. The Hall–Kier alpha value is -5.48. The van der Waals surface area contributed by atoms with Crippen LogP contribution in [0.3, 0.4) is 0 Å². The van der Waals surface area contributed by atoms with E-state index in [2.05, 4.69) is 5.32 Å². The first kappa shape index (κ1) is 30.5. The van der Waals surface area contributed by atoms with Crippen LogP contribution in [0.5, 0.6) is 17.2 Å². The van der Waals surface area contributed by atoms with Gasteiger partial charge in [0.15, 0.2) is 16.3 Å². The lowest BCUT2D eigenvalue weighted by Gasteiger charge is -2.25. The molecular formula is C36H30FN3O5S. The van der Waals surface area contributed by atoms with E-state index >= 15 is 0 Å². The fourth-order valence-electron chi connectivity index (χ4n) is 5.25. The van der Waals surface area contributed by atoms with Crippen molar-refractivity contribution in [3.8, 4) is 17.2 Å². The summed E-state index contributed by atoms with van der Waals surface area (Å²) in [6.07, 6.45) is 1.75. The molecule has 0 fully saturated rings. The van der Waals surface area contributed by atoms with Crippen LogP contribution in [-0.2, 0) is 11.4 Å². The third kappa shape index (κ3) is 6.20. The normalized spacial score (nSPS) is 14.3. The molecule has 0 spiro atoms. The number of anilines is 1. The molecule has 1 atom stereocenters. The van der Waals surface area contributed by atoms with Gasteiger partial charge in [0, 0.05) is 11.3 Å². The number of nitrogens with zero attached hydrogens (tertiary/aromatic N) is 2. The molecule has 6 rings (SSSR count). The summed E-state index contributed by atoms with van der Waals surface area (Å²) in [5, 5.41) is 2.96. The zero-order valence-corrected chi connectivity index (χ0v) is 26.1. The number of benzene rings is 4. The van der Waals surface area contributed by atoms with E-state index in [4.69, 9.17) is 19.2 Å². The van der Waals surface area contributed by atoms with Crippen LogP contribution < -0.4 is 34.4 Å². The molecule has 1 aliphatic heterocycles. The number of rotatable bonds is 9. The Kier molecular flexibility index (Phi) is 8.80. The van der Waals surface area contributed by atoms with E-state index in [1.165, 1.54) is 24.5 Å². The minimum atomic E-state index is -0.725. The van der Waals surface area contributed by atoms with E-state index < -0.39 is 6.04 Å². The van der Waals surface area contributed by atoms with Crippen molar-refractivity contribution in [3.05, 3.63) is 151 Å². The van der Waals surface area contributed by atoms with Crippen molar-refractivity contribution >= 4 is 29.0 Å². The number of carbonyl (C=O) groups excluding carboxylic acids is 1. The summed E-state index contributed by atoms with van der Waals surface area (Å²) in [7, 11) is 3.10. The van der Waals surface area contributed by atoms with E-state index in [1.807, 2.05) is 30.3 Å². The molecule has 10 heteroatoms. The molecule has 46 heavy (non-hydrogen) atoms. The lowest BCUT2D eigenvalue weighted by Crippen LogP contribution is -2.40. The molecule has 8 nitrogen and oxygen atoms in total. The molecule has 2 heterocycles. The maximum absolute atomic E-state index is 14.1. The number of aromatic nitrogens is 1. The van der Waals surface area contributed by atoms with Gasteiger partial charge in [0.25, 0.3) is 11.5 Å². The van der Waals surface area contributed by atoms with Gasteiger partial charge >= 0.3 is 0 Å². The number of hydrogen-bond acceptors (Lipinski definition) is 7. The van der Waals surface area contributed by atoms with Crippen LogP contribution in [0, 0.1) is 5.82 Å². The smallest absolute Gasteiger partial charge is 0.271 e. The molecule has 5 aromatic rings. The van der Waals surface area contributed by atoms with Gasteiger partial charge in [-0.05, 0) is 66.6 Å². The number of hydrogen-bond donors (Lipinski definition) is 1. The number of halogens is 1. The van der Waals surface area contributed by atoms with E-state index in [0.717, 1.165) is 5.56 Å². The minimum absolute atomic E-state index is 0.0336. The number of ether oxygens (including phenoxy) is 3. The van der Waals surface area contributed by atoms with Crippen molar-refractivity contribution in [2.75, 3.05) is 19.5 Å². The van der Waals surface area contributed by atoms with Crippen LogP contribution in [0.15, 0.2) is 118 Å². The molecule has 0 radical (unpaired) electrons. The van der Waals surface area contributed by atoms with Crippen LogP contribution in [0.4, 0.5) is 10.1 Å². The quantitative estimate of drug-likeness (QED) is 0.228. The summed E-state index contributed by atoms with van der Waals surface area (Å²) in [5.74, 6) is 0.830. The number of amides is 1. The van der Waals surface area contributed by atoms with Crippen LogP contribution in [0.25, 0.3) is 6.08 Å². The summed E-state index contributed by atoms with van der Waals surface area (Å²) >= 11 is 1.24. The van der Waals surface area contributed by atoms with E-state index in [-0.39, 0.29) is 23.9 Å². The number of nitrogens with one attached hydrogen (secondary N) is 1. The van der Waals surface area contributed by atoms with Gasteiger partial charge in [-0.3, -0.25) is 14.2 Å². The molecule has 0 unspecified atom stereocenters. The second-order valence-electron chi connectivity index (χ2n) is 10.5. The summed E-state index contributed by atoms with van der Waals surface area (Å²) < 4.78 is 32.8. The van der Waals surface area contributed by atoms with Crippen molar-refractivity contribution in [2.24, 2.45) is 4.99 Å². The van der Waals surface area contributed by atoms with E-state index in [0.29, 0.717) is 54.7 Å². The largest absolute Gasteiger partial charge is 0.497 e. The minimum Gasteiger partial charge on any atom is -0.497 e. The van der Waals surface area contributed by atoms with Crippen molar-refractivity contribution in [2.45, 2.75) is 19.6 Å². The fraction of sp³-hybridized carbons (Fsp3) is 0.139. The SMILES string of the molecule is COc1ccc([C@H]2C(C(=O)Nc3ccccc3)=C(C)N=c3sc(=Cc4ccc(OCc5ccccc5F)c(OC)c4)c(=O)n32)cc1. The lowest BCUT2D eigenvalue weighted by atomic mass is 9.95. The topological polar surface area (TPSA) is 91.2 Å². The molecule has 0 bridgehead atoms. The monoisotopic (exact) mass is 635 g/mol. The third-order valence-corrected chi connectivity index (χ3v) is 8.54. The number of methoxy groups -OCH3 is 2. The molecule has 0 saturated carbocycles. The van der Waals surface area contributed by atoms with Crippen molar-refractivity contribution in [1.29, 1.82) is 0 Å². The Morgan fingerprint density at radius 3 is 2.41 bits per heavy atom. The molecular weight excluding hydrogens is 605 g/mol. The zero-order chi connectivity index (χ0) is 32.2. The highest BCUT2D eigenvalue weighted by Crippen LogP contribution is 2.32. The second-order valence-corrected chi connectivity index (χ2v) is 11.5. The molecule has 0 aliphatic carbocycles. The number of allylic oxidation sites excluding steroid dienone is 1. The molecule has 1 aliphatic rings. The lowest BCUT2D eigenvalue weighted by molar-refractivity contribution is -0.113. The van der Waals surface area contributed by atoms with Crippen LogP contribution in [0.1, 0.15) is 29.7 Å². The standard InChI is InChI=1S/C36H30FN3O5S/c1-22-32(34(41)39-26-10-5-4-6-11-26)33(24-14-16-27(43-2)17-15-24)40-35(42)31(46-36(40)38-22)20-23-13-18-29(30(19-23)44-3)45-21-25-9-7-8-12-28(25)37/h4-20,33H,21H2,1-3H3,(H,39,41)/t33-/m0/s1. The molecule has 1 N–H and O–H groups in total. The maximum Gasteiger partial charge on any atom is 0.271 e. The van der Waals surface area contributed by atoms with Crippen LogP contribution in [-0.4, -0.2) is 24.7 Å². The summed E-state index contributed by atoms with van der Waals surface area (Å²) in [6.45, 7) is 1.81. The predicted octanol–water partition coefficient (Wildman–Crippen LogP) is 5.61. The van der Waals surface area contributed by atoms with Crippen molar-refractivity contribution < 1.29 is 23.4 Å². The highest BCUT2D eigenvalue weighted by Gasteiger charge is 2.32. The van der Waals surface area contributed by atoms with E-state index in [1.54, 1.807) is 85.3 Å². The summed E-state index contributed by atoms with van der Waals surface area (Å²) in [6, 6.07) is 27.4. The molecule has 232 valence electrons. The van der Waals surface area contributed by atoms with Gasteiger partial charge in [-0.1, -0.05) is 65.9 Å². The maximum atomic E-state index is 14.1. The number of carbonyl (C=O) groups is 1. The van der Waals surface area contributed by atoms with Crippen LogP contribution in [0.2, 0.25) is 0 Å². The first-order chi connectivity index (χ1) is 22.4. The van der Waals surface area contributed by atoms with Gasteiger partial charge in [-0.15, -0.1) is 0 Å². The van der Waals surface area contributed by atoms with Gasteiger partial charge in [0.1, 0.15) is 18.2 Å². The van der Waals surface area contributed by atoms with Crippen LogP contribution >= 0.6 is 11.3 Å². The zero-order valence-electron chi connectivity index (χ0n) is 25.3. The fourth-order valence-corrected chi connectivity index (χ4v) is 6.30. The first-order valence-electron chi connectivity index (χ1n) is 14.4. The average Bonchev–Trinajstić information content (AvgIpc) is 3.38. The predicted molar refractivity (Wildman–Crippen MR) is 176 cm³/mol. The Labute approximate surface area is 268 Å². The number of thiazole rings is 1. The molecule has 1 amide bonds. The Balaban J connectivity index is 1.38. The second kappa shape index (κ2) is 13.3. The number of fused-ring (bicyclic) bond motifs is 1. The molecule has 4 aromatic carbocycles. The van der Waals surface area contributed by atoms with Crippen molar-refractivity contribution in [1.82, 2.24) is 4.57 Å². The average molecular weight is 636 g/mol. The first-order valence-corrected chi connectivity index (χ1v) is 15.2. The number of para-hydroxylation sites is 1. The van der Waals surface area contributed by atoms with Gasteiger partial charge in [-0.2, -0.15) is 0 Å². The third-order valence-electron chi connectivity index (χ3n) is 7.56. The van der Waals surface area contributed by atoms with Crippen molar-refractivity contribution in [3.63, 3.8) is 0 Å².